The van der Waals surface area contributed by atoms with Crippen LogP contribution in [0.25, 0.3) is 11.2 Å². The molecule has 1 amide bonds. The number of nitrogens with zero attached hydrogens (tertiary/aromatic N) is 6. The van der Waals surface area contributed by atoms with E-state index in [1.165, 1.54) is 35.8 Å². The number of benzene rings is 1. The van der Waals surface area contributed by atoms with Gasteiger partial charge < -0.3 is 16.0 Å². The highest BCUT2D eigenvalue weighted by Crippen LogP contribution is 2.31. The lowest BCUT2D eigenvalue weighted by atomic mass is 10.1. The van der Waals surface area contributed by atoms with Crippen molar-refractivity contribution in [2.45, 2.75) is 31.2 Å². The van der Waals surface area contributed by atoms with Gasteiger partial charge in [-0.2, -0.15) is 35.9 Å². The second-order valence-corrected chi connectivity index (χ2v) is 10.5. The van der Waals surface area contributed by atoms with Gasteiger partial charge in [0.05, 0.1) is 22.0 Å². The van der Waals surface area contributed by atoms with Crippen LogP contribution in [0.4, 0.5) is 24.9 Å². The first kappa shape index (κ1) is 27.8. The van der Waals surface area contributed by atoms with E-state index in [4.69, 9.17) is 17.3 Å². The third kappa shape index (κ3) is 5.32. The molecule has 2 aliphatic heterocycles. The van der Waals surface area contributed by atoms with Gasteiger partial charge >= 0.3 is 6.18 Å². The topological polar surface area (TPSA) is 123 Å². The molecule has 5 heterocycles. The number of nitrogen functional groups attached to an aromatic ring is 1. The van der Waals surface area contributed by atoms with Gasteiger partial charge in [0.1, 0.15) is 22.7 Å². The van der Waals surface area contributed by atoms with Crippen molar-refractivity contribution in [2.24, 2.45) is 0 Å². The molecular formula is C25H24ClF3N8O2S. The number of aryl methyl sites for hydroxylation is 1. The number of nitrogens with one attached hydrogen (secondary N) is 1. The number of rotatable bonds is 2. The first-order valence-electron chi connectivity index (χ1n) is 12.3. The van der Waals surface area contributed by atoms with Crippen LogP contribution in [0.3, 0.4) is 0 Å². The number of nitrogens with two attached hydrogens (primary N) is 1. The van der Waals surface area contributed by atoms with Crippen LogP contribution < -0.4 is 21.5 Å². The molecule has 1 fully saturated rings. The Bertz CT molecular complexity index is 1670. The van der Waals surface area contributed by atoms with Crippen molar-refractivity contribution >= 4 is 47.4 Å². The standard InChI is InChI=1S/C14H9ClF3N3O.C11H15N5OS/c1-8-19-20-6-5-11(15)12(20)13(22)21(8)10-4-2-3-9(7-10)14(16,17)18;12-11-14-7-1-3-13-10(17)8(7)9(15-11)16-4-2-6(18)5-16/h2-7H,1H3;6,18H,1-5H2,(H,13,17)(H2,12,14,15). The van der Waals surface area contributed by atoms with E-state index in [0.29, 0.717) is 29.6 Å². The first-order chi connectivity index (χ1) is 18.9. The number of anilines is 2. The lowest BCUT2D eigenvalue weighted by molar-refractivity contribution is -0.137. The molecule has 1 aromatic carbocycles. The molecular weight excluding hydrogens is 569 g/mol. The molecule has 0 saturated carbocycles. The summed E-state index contributed by atoms with van der Waals surface area (Å²) < 4.78 is 40.9. The van der Waals surface area contributed by atoms with Gasteiger partial charge in [0.2, 0.25) is 5.95 Å². The number of hydrogen-bond acceptors (Lipinski definition) is 8. The summed E-state index contributed by atoms with van der Waals surface area (Å²) in [5, 5.41) is 7.48. The van der Waals surface area contributed by atoms with Crippen LogP contribution in [0, 0.1) is 6.92 Å². The molecule has 0 radical (unpaired) electrons. The van der Waals surface area contributed by atoms with E-state index in [2.05, 4.69) is 37.9 Å². The zero-order chi connectivity index (χ0) is 28.8. The molecule has 3 N–H and O–H groups in total. The van der Waals surface area contributed by atoms with Gasteiger partial charge in [0, 0.05) is 37.5 Å². The Hall–Kier alpha value is -3.78. The van der Waals surface area contributed by atoms with E-state index in [9.17, 15) is 22.8 Å². The van der Waals surface area contributed by atoms with E-state index in [1.807, 2.05) is 0 Å². The minimum atomic E-state index is -4.49. The number of halogens is 4. The van der Waals surface area contributed by atoms with Crippen LogP contribution in [-0.4, -0.2) is 54.9 Å². The Kier molecular flexibility index (Phi) is 7.40. The number of aromatic nitrogens is 5. The Morgan fingerprint density at radius 3 is 2.67 bits per heavy atom. The van der Waals surface area contributed by atoms with E-state index >= 15 is 0 Å². The van der Waals surface area contributed by atoms with Crippen molar-refractivity contribution in [1.82, 2.24) is 29.5 Å². The molecule has 1 saturated heterocycles. The first-order valence-corrected chi connectivity index (χ1v) is 13.1. The lowest BCUT2D eigenvalue weighted by Crippen LogP contribution is -2.36. The smallest absolute Gasteiger partial charge is 0.368 e. The summed E-state index contributed by atoms with van der Waals surface area (Å²) in [6.45, 7) is 3.79. The molecule has 3 aromatic heterocycles. The van der Waals surface area contributed by atoms with E-state index in [1.54, 1.807) is 0 Å². The summed E-state index contributed by atoms with van der Waals surface area (Å²) in [5.74, 6) is 1.05. The minimum absolute atomic E-state index is 0.0876. The summed E-state index contributed by atoms with van der Waals surface area (Å²) in [7, 11) is 0. The van der Waals surface area contributed by atoms with Crippen molar-refractivity contribution < 1.29 is 18.0 Å². The van der Waals surface area contributed by atoms with Gasteiger partial charge in [-0.15, -0.1) is 0 Å². The van der Waals surface area contributed by atoms with Gasteiger partial charge in [-0.3, -0.25) is 14.2 Å². The quantitative estimate of drug-likeness (QED) is 0.305. The van der Waals surface area contributed by atoms with E-state index in [-0.39, 0.29) is 33.9 Å². The largest absolute Gasteiger partial charge is 0.416 e. The van der Waals surface area contributed by atoms with Gasteiger partial charge in [-0.25, -0.2) is 9.50 Å². The fourth-order valence-electron chi connectivity index (χ4n) is 4.73. The van der Waals surface area contributed by atoms with Crippen molar-refractivity contribution in [3.63, 3.8) is 0 Å². The molecule has 10 nitrogen and oxygen atoms in total. The second-order valence-electron chi connectivity index (χ2n) is 9.31. The average Bonchev–Trinajstić information content (AvgIpc) is 3.49. The van der Waals surface area contributed by atoms with Crippen LogP contribution in [0.1, 0.15) is 33.9 Å². The number of amides is 1. The number of alkyl halides is 3. The molecule has 2 aliphatic rings. The molecule has 40 heavy (non-hydrogen) atoms. The van der Waals surface area contributed by atoms with Crippen LogP contribution in [0.15, 0.2) is 41.3 Å². The maximum Gasteiger partial charge on any atom is 0.416 e. The number of hydrogen-bond donors (Lipinski definition) is 3. The molecule has 0 spiro atoms. The van der Waals surface area contributed by atoms with E-state index in [0.717, 1.165) is 41.9 Å². The highest BCUT2D eigenvalue weighted by atomic mass is 35.5. The Balaban J connectivity index is 0.000000164. The lowest BCUT2D eigenvalue weighted by Gasteiger charge is -2.24. The molecule has 4 aromatic rings. The Morgan fingerprint density at radius 1 is 1.20 bits per heavy atom. The van der Waals surface area contributed by atoms with Crippen molar-refractivity contribution in [1.29, 1.82) is 0 Å². The van der Waals surface area contributed by atoms with Crippen LogP contribution >= 0.6 is 24.2 Å². The summed E-state index contributed by atoms with van der Waals surface area (Å²) in [4.78, 5) is 35.0. The number of carbonyl (C=O) groups is 1. The van der Waals surface area contributed by atoms with Crippen molar-refractivity contribution in [2.75, 3.05) is 30.3 Å². The second kappa shape index (κ2) is 10.7. The summed E-state index contributed by atoms with van der Waals surface area (Å²) >= 11 is 10.4. The molecule has 15 heteroatoms. The fraction of sp³-hybridized carbons (Fsp3) is 0.320. The molecule has 0 bridgehead atoms. The van der Waals surface area contributed by atoms with Crippen molar-refractivity contribution in [3.8, 4) is 5.69 Å². The third-order valence-corrected chi connectivity index (χ3v) is 7.28. The monoisotopic (exact) mass is 592 g/mol. The number of fused-ring (bicyclic) bond motifs is 2. The predicted octanol–water partition coefficient (Wildman–Crippen LogP) is 3.32. The normalized spacial score (nSPS) is 16.9. The number of thiol groups is 1. The predicted molar refractivity (Wildman–Crippen MR) is 148 cm³/mol. The van der Waals surface area contributed by atoms with Crippen LogP contribution in [0.2, 0.25) is 5.02 Å². The van der Waals surface area contributed by atoms with Gasteiger partial charge in [-0.05, 0) is 37.6 Å². The van der Waals surface area contributed by atoms with Crippen LogP contribution in [-0.2, 0) is 12.6 Å². The highest BCUT2D eigenvalue weighted by Gasteiger charge is 2.31. The molecule has 6 rings (SSSR count). The van der Waals surface area contributed by atoms with Gasteiger partial charge in [0.15, 0.2) is 0 Å². The molecule has 1 unspecified atom stereocenters. The average molecular weight is 593 g/mol. The maximum absolute atomic E-state index is 12.8. The summed E-state index contributed by atoms with van der Waals surface area (Å²) in [6.07, 6.45) is -1.28. The summed E-state index contributed by atoms with van der Waals surface area (Å²) in [5.41, 5.74) is 5.91. The molecule has 0 aliphatic carbocycles. The highest BCUT2D eigenvalue weighted by molar-refractivity contribution is 7.81. The van der Waals surface area contributed by atoms with Crippen molar-refractivity contribution in [3.05, 3.63) is 74.6 Å². The zero-order valence-corrected chi connectivity index (χ0v) is 22.8. The summed E-state index contributed by atoms with van der Waals surface area (Å²) in [6, 6.07) is 6.01. The van der Waals surface area contributed by atoms with Gasteiger partial charge in [-0.1, -0.05) is 17.7 Å². The van der Waals surface area contributed by atoms with E-state index < -0.39 is 17.3 Å². The number of carbonyl (C=O) groups excluding carboxylic acids is 1. The Labute approximate surface area is 236 Å². The van der Waals surface area contributed by atoms with Crippen LogP contribution in [0.5, 0.6) is 0 Å². The third-order valence-electron chi connectivity index (χ3n) is 6.55. The zero-order valence-electron chi connectivity index (χ0n) is 21.1. The molecule has 1 atom stereocenters. The molecule has 210 valence electrons. The minimum Gasteiger partial charge on any atom is -0.368 e. The fourth-order valence-corrected chi connectivity index (χ4v) is 5.27. The SMILES string of the molecule is Cc1nn2ccc(Cl)c2c(=O)n1-c1cccc(C(F)(F)F)c1.Nc1nc2c(c(N3CCC(S)C3)n1)C(=O)NCC2. The van der Waals surface area contributed by atoms with Gasteiger partial charge in [0.25, 0.3) is 11.5 Å². The Morgan fingerprint density at radius 2 is 1.98 bits per heavy atom. The maximum atomic E-state index is 12.8.